The van der Waals surface area contributed by atoms with Gasteiger partial charge in [0, 0.05) is 8.95 Å². The van der Waals surface area contributed by atoms with Crippen LogP contribution in [0.5, 0.6) is 0 Å². The monoisotopic (exact) mass is 419 g/mol. The minimum atomic E-state index is -4.65. The molecule has 0 atom stereocenters. The van der Waals surface area contributed by atoms with Crippen LogP contribution >= 0.6 is 43.5 Å². The van der Waals surface area contributed by atoms with Crippen LogP contribution in [-0.2, 0) is 5.41 Å². The van der Waals surface area contributed by atoms with Gasteiger partial charge < -0.3 is 0 Å². The number of benzene rings is 1. The van der Waals surface area contributed by atoms with Crippen molar-refractivity contribution in [2.75, 3.05) is 0 Å². The number of alkyl halides is 3. The lowest BCUT2D eigenvalue weighted by atomic mass is 9.87. The van der Waals surface area contributed by atoms with E-state index in [0.29, 0.717) is 8.95 Å². The van der Waals surface area contributed by atoms with Gasteiger partial charge in [0.15, 0.2) is 0 Å². The smallest absolute Gasteiger partial charge is 0.230 e. The maximum atomic E-state index is 12.4. The molecule has 0 N–H and O–H groups in total. The van der Waals surface area contributed by atoms with Gasteiger partial charge in [-0.25, -0.2) is 4.99 Å². The number of nitrogens with zero attached hydrogens (tertiary/aromatic N) is 1. The van der Waals surface area contributed by atoms with Gasteiger partial charge >= 0.3 is 6.18 Å². The van der Waals surface area contributed by atoms with Crippen molar-refractivity contribution in [2.24, 2.45) is 4.99 Å². The van der Waals surface area contributed by atoms with E-state index in [2.05, 4.69) is 36.9 Å². The molecule has 1 nitrogen and oxygen atoms in total. The van der Waals surface area contributed by atoms with Crippen molar-refractivity contribution in [3.8, 4) is 0 Å². The molecule has 106 valence electrons. The molecule has 1 aromatic carbocycles. The first-order valence-corrected chi connectivity index (χ1v) is 7.20. The van der Waals surface area contributed by atoms with Crippen LogP contribution < -0.4 is 0 Å². The Labute approximate surface area is 131 Å². The maximum absolute atomic E-state index is 12.4. The second-order valence-electron chi connectivity index (χ2n) is 4.94. The van der Waals surface area contributed by atoms with Gasteiger partial charge in [0.2, 0.25) is 5.17 Å². The number of halogens is 6. The lowest BCUT2D eigenvalue weighted by molar-refractivity contribution is -0.0558. The van der Waals surface area contributed by atoms with Crippen molar-refractivity contribution in [3.63, 3.8) is 0 Å². The predicted molar refractivity (Wildman–Crippen MR) is 79.5 cm³/mol. The summed E-state index contributed by atoms with van der Waals surface area (Å²) in [7, 11) is 0. The Hall–Kier alpha value is -0.0700. The molecule has 0 aliphatic rings. The Morgan fingerprint density at radius 3 is 1.84 bits per heavy atom. The quantitative estimate of drug-likeness (QED) is 0.469. The fourth-order valence-corrected chi connectivity index (χ4v) is 2.72. The summed E-state index contributed by atoms with van der Waals surface area (Å²) in [5.74, 6) is 0. The molecule has 0 saturated heterocycles. The molecule has 0 aliphatic carbocycles. The van der Waals surface area contributed by atoms with Crippen molar-refractivity contribution in [1.29, 1.82) is 0 Å². The van der Waals surface area contributed by atoms with Crippen molar-refractivity contribution in [3.05, 3.63) is 26.6 Å². The van der Waals surface area contributed by atoms with E-state index >= 15 is 0 Å². The largest absolute Gasteiger partial charge is 0.444 e. The van der Waals surface area contributed by atoms with Crippen LogP contribution in [-0.4, -0.2) is 11.3 Å². The van der Waals surface area contributed by atoms with E-state index in [1.165, 1.54) is 0 Å². The summed E-state index contributed by atoms with van der Waals surface area (Å²) in [5.41, 5.74) is 0.963. The topological polar surface area (TPSA) is 12.4 Å². The highest BCUT2D eigenvalue weighted by molar-refractivity contribution is 9.11. The zero-order valence-electron chi connectivity index (χ0n) is 10.4. The van der Waals surface area contributed by atoms with Crippen molar-refractivity contribution >= 4 is 54.3 Å². The molecule has 0 saturated carbocycles. The van der Waals surface area contributed by atoms with Gasteiger partial charge in [-0.05, 0) is 55.0 Å². The predicted octanol–water partition coefficient (Wildman–Crippen LogP) is 6.34. The molecule has 0 aliphatic heterocycles. The molecular weight excluding hydrogens is 410 g/mol. The van der Waals surface area contributed by atoms with E-state index in [1.807, 2.05) is 20.8 Å². The summed E-state index contributed by atoms with van der Waals surface area (Å²) in [5, 5.41) is -1.41. The molecule has 7 heteroatoms. The van der Waals surface area contributed by atoms with Gasteiger partial charge in [-0.1, -0.05) is 32.4 Å². The Kier molecular flexibility index (Phi) is 5.13. The third-order valence-electron chi connectivity index (χ3n) is 2.33. The summed E-state index contributed by atoms with van der Waals surface area (Å²) in [6, 6.07) is 3.48. The summed E-state index contributed by atoms with van der Waals surface area (Å²) >= 11 is 11.6. The summed E-state index contributed by atoms with van der Waals surface area (Å²) in [4.78, 5) is 3.42. The molecule has 0 bridgehead atoms. The Bertz CT molecular complexity index is 496. The summed E-state index contributed by atoms with van der Waals surface area (Å²) in [6.07, 6.45) is -4.65. The van der Waals surface area contributed by atoms with Crippen LogP contribution in [0.3, 0.4) is 0 Å². The standard InChI is InChI=1S/C12H11Br2ClF3N/c1-11(2,3)6-4-7(13)9(8(14)5-6)19-10(15)12(16,17)18/h4-5H,1-3H3. The Morgan fingerprint density at radius 2 is 1.53 bits per heavy atom. The Morgan fingerprint density at radius 1 is 1.11 bits per heavy atom. The Balaban J connectivity index is 3.34. The molecule has 0 spiro atoms. The minimum Gasteiger partial charge on any atom is -0.230 e. The van der Waals surface area contributed by atoms with Crippen LogP contribution in [0.2, 0.25) is 0 Å². The van der Waals surface area contributed by atoms with E-state index in [4.69, 9.17) is 11.6 Å². The first-order valence-electron chi connectivity index (χ1n) is 5.24. The third-order valence-corrected chi connectivity index (χ3v) is 3.83. The molecule has 0 amide bonds. The number of rotatable bonds is 1. The van der Waals surface area contributed by atoms with Gasteiger partial charge in [0.25, 0.3) is 0 Å². The van der Waals surface area contributed by atoms with E-state index in [-0.39, 0.29) is 11.1 Å². The van der Waals surface area contributed by atoms with E-state index in [9.17, 15) is 13.2 Å². The number of hydrogen-bond donors (Lipinski definition) is 0. The first kappa shape index (κ1) is 17.0. The average Bonchev–Trinajstić information content (AvgIpc) is 2.19. The molecular formula is C12H11Br2ClF3N. The molecule has 19 heavy (non-hydrogen) atoms. The van der Waals surface area contributed by atoms with Gasteiger partial charge in [0.1, 0.15) is 0 Å². The van der Waals surface area contributed by atoms with Crippen LogP contribution in [0.4, 0.5) is 18.9 Å². The second-order valence-corrected chi connectivity index (χ2v) is 7.01. The van der Waals surface area contributed by atoms with Gasteiger partial charge in [-0.3, -0.25) is 0 Å². The van der Waals surface area contributed by atoms with E-state index < -0.39 is 11.3 Å². The van der Waals surface area contributed by atoms with Crippen molar-refractivity contribution in [2.45, 2.75) is 32.4 Å². The zero-order chi connectivity index (χ0) is 15.0. The van der Waals surface area contributed by atoms with E-state index in [1.54, 1.807) is 12.1 Å². The number of aliphatic imine (C=N–C) groups is 1. The highest BCUT2D eigenvalue weighted by atomic mass is 79.9. The minimum absolute atomic E-state index is 0.121. The highest BCUT2D eigenvalue weighted by Crippen LogP contribution is 2.39. The molecule has 1 rings (SSSR count). The fraction of sp³-hybridized carbons (Fsp3) is 0.417. The zero-order valence-corrected chi connectivity index (χ0v) is 14.3. The SMILES string of the molecule is CC(C)(C)c1cc(Br)c(N=C(Cl)C(F)(F)F)c(Br)c1. The number of hydrogen-bond acceptors (Lipinski definition) is 1. The normalized spacial score (nSPS) is 13.8. The summed E-state index contributed by atoms with van der Waals surface area (Å²) in [6.45, 7) is 6.02. The lowest BCUT2D eigenvalue weighted by Crippen LogP contribution is -2.16. The third kappa shape index (κ3) is 4.46. The molecule has 0 fully saturated rings. The first-order chi connectivity index (χ1) is 8.43. The van der Waals surface area contributed by atoms with Crippen LogP contribution in [0.25, 0.3) is 0 Å². The molecule has 0 aromatic heterocycles. The molecule has 0 unspecified atom stereocenters. The average molecular weight is 421 g/mol. The second kappa shape index (κ2) is 5.74. The van der Waals surface area contributed by atoms with Crippen LogP contribution in [0, 0.1) is 0 Å². The summed E-state index contributed by atoms with van der Waals surface area (Å²) < 4.78 is 38.0. The van der Waals surface area contributed by atoms with Crippen molar-refractivity contribution < 1.29 is 13.2 Å². The lowest BCUT2D eigenvalue weighted by Gasteiger charge is -2.20. The maximum Gasteiger partial charge on any atom is 0.444 e. The highest BCUT2D eigenvalue weighted by Gasteiger charge is 2.35. The fourth-order valence-electron chi connectivity index (χ4n) is 1.27. The van der Waals surface area contributed by atoms with Gasteiger partial charge in [0.05, 0.1) is 5.69 Å². The van der Waals surface area contributed by atoms with Crippen LogP contribution in [0.15, 0.2) is 26.1 Å². The molecule has 0 heterocycles. The van der Waals surface area contributed by atoms with Gasteiger partial charge in [-0.15, -0.1) is 0 Å². The van der Waals surface area contributed by atoms with Crippen LogP contribution in [0.1, 0.15) is 26.3 Å². The molecule has 0 radical (unpaired) electrons. The van der Waals surface area contributed by atoms with Crippen molar-refractivity contribution in [1.82, 2.24) is 0 Å². The van der Waals surface area contributed by atoms with E-state index in [0.717, 1.165) is 5.56 Å². The molecule has 1 aromatic rings. The van der Waals surface area contributed by atoms with Gasteiger partial charge in [-0.2, -0.15) is 13.2 Å².